The molecule has 17 heavy (non-hydrogen) atoms. The summed E-state index contributed by atoms with van der Waals surface area (Å²) in [6.45, 7) is 3.39. The lowest BCUT2D eigenvalue weighted by molar-refractivity contribution is 0.198. The Labute approximate surface area is 98.3 Å². The van der Waals surface area contributed by atoms with Crippen molar-refractivity contribution in [1.82, 2.24) is 0 Å². The molecule has 0 amide bonds. The van der Waals surface area contributed by atoms with E-state index in [0.717, 1.165) is 0 Å². The maximum absolute atomic E-state index is 9.67. The summed E-state index contributed by atoms with van der Waals surface area (Å²) in [4.78, 5) is 0. The van der Waals surface area contributed by atoms with Crippen molar-refractivity contribution in [3.05, 3.63) is 34.6 Å². The van der Waals surface area contributed by atoms with Gasteiger partial charge in [0.2, 0.25) is 0 Å². The third-order valence-corrected chi connectivity index (χ3v) is 2.71. The molecule has 1 atom stereocenters. The van der Waals surface area contributed by atoms with Gasteiger partial charge in [0.15, 0.2) is 0 Å². The predicted octanol–water partition coefficient (Wildman–Crippen LogP) is 2.54. The Hall–Kier alpha value is -2.30. The average molecular weight is 226 g/mol. The smallest absolute Gasteiger partial charge is 0.136 e. The second-order valence-corrected chi connectivity index (χ2v) is 3.87. The number of hydrogen-bond acceptors (Lipinski definition) is 4. The van der Waals surface area contributed by atoms with Crippen LogP contribution in [0.4, 0.5) is 0 Å². The fourth-order valence-electron chi connectivity index (χ4n) is 1.99. The molecule has 0 bridgehead atoms. The van der Waals surface area contributed by atoms with E-state index in [0.29, 0.717) is 27.9 Å². The highest BCUT2D eigenvalue weighted by molar-refractivity contribution is 5.85. The Morgan fingerprint density at radius 2 is 1.82 bits per heavy atom. The Morgan fingerprint density at radius 1 is 1.24 bits per heavy atom. The molecule has 0 unspecified atom stereocenters. The summed E-state index contributed by atoms with van der Waals surface area (Å²) < 4.78 is 5.48. The van der Waals surface area contributed by atoms with Gasteiger partial charge in [-0.1, -0.05) is 0 Å². The van der Waals surface area contributed by atoms with E-state index in [1.807, 2.05) is 12.1 Å². The largest absolute Gasteiger partial charge is 0.461 e. The lowest BCUT2D eigenvalue weighted by Crippen LogP contribution is -1.92. The molecule has 1 aromatic heterocycles. The first-order valence-corrected chi connectivity index (χ1v) is 5.13. The Morgan fingerprint density at radius 3 is 2.35 bits per heavy atom. The number of benzene rings is 1. The van der Waals surface area contributed by atoms with Crippen LogP contribution in [0.5, 0.6) is 0 Å². The van der Waals surface area contributed by atoms with Crippen LogP contribution in [0.2, 0.25) is 0 Å². The van der Waals surface area contributed by atoms with Gasteiger partial charge in [-0.2, -0.15) is 10.5 Å². The quantitative estimate of drug-likeness (QED) is 0.810. The molecule has 0 saturated carbocycles. The standard InChI is InChI=1S/C13H10N2O2/c1-7(16)13-8(2)17-12-4-10(6-15)9(5-14)3-11(12)13/h3-4,7,16H,1-2H3/t7-/m1/s1. The van der Waals surface area contributed by atoms with Gasteiger partial charge < -0.3 is 9.52 Å². The van der Waals surface area contributed by atoms with Crippen molar-refractivity contribution in [2.24, 2.45) is 0 Å². The first-order valence-electron chi connectivity index (χ1n) is 5.13. The minimum Gasteiger partial charge on any atom is -0.461 e. The minimum atomic E-state index is -0.671. The molecule has 2 rings (SSSR count). The first kappa shape index (κ1) is 11.2. The SMILES string of the molecule is Cc1oc2cc(C#N)c(C#N)cc2c1[C@@H](C)O. The van der Waals surface area contributed by atoms with E-state index in [9.17, 15) is 5.11 Å². The number of hydrogen-bond donors (Lipinski definition) is 1. The van der Waals surface area contributed by atoms with Gasteiger partial charge in [-0.05, 0) is 19.9 Å². The van der Waals surface area contributed by atoms with Crippen molar-refractivity contribution in [3.8, 4) is 12.1 Å². The van der Waals surface area contributed by atoms with Gasteiger partial charge in [-0.3, -0.25) is 0 Å². The molecule has 4 nitrogen and oxygen atoms in total. The normalized spacial score (nSPS) is 12.1. The molecule has 0 aliphatic carbocycles. The number of aliphatic hydroxyl groups excluding tert-OH is 1. The molecule has 1 N–H and O–H groups in total. The lowest BCUT2D eigenvalue weighted by Gasteiger charge is -2.02. The van der Waals surface area contributed by atoms with Crippen LogP contribution >= 0.6 is 0 Å². The predicted molar refractivity (Wildman–Crippen MR) is 61.0 cm³/mol. The van der Waals surface area contributed by atoms with Crippen molar-refractivity contribution in [2.45, 2.75) is 20.0 Å². The van der Waals surface area contributed by atoms with Crippen LogP contribution in [-0.4, -0.2) is 5.11 Å². The fraction of sp³-hybridized carbons (Fsp3) is 0.231. The number of nitriles is 2. The second kappa shape index (κ2) is 3.93. The van der Waals surface area contributed by atoms with Gasteiger partial charge >= 0.3 is 0 Å². The highest BCUT2D eigenvalue weighted by Gasteiger charge is 2.17. The highest BCUT2D eigenvalue weighted by Crippen LogP contribution is 2.32. The van der Waals surface area contributed by atoms with Gasteiger partial charge in [0.1, 0.15) is 23.5 Å². The molecule has 2 aromatic rings. The molecule has 1 heterocycles. The topological polar surface area (TPSA) is 81.0 Å². The van der Waals surface area contributed by atoms with Gasteiger partial charge in [0.05, 0.1) is 17.2 Å². The maximum atomic E-state index is 9.67. The summed E-state index contributed by atoms with van der Waals surface area (Å²) in [6, 6.07) is 7.04. The zero-order valence-electron chi connectivity index (χ0n) is 9.48. The van der Waals surface area contributed by atoms with Crippen molar-refractivity contribution in [3.63, 3.8) is 0 Å². The number of furan rings is 1. The van der Waals surface area contributed by atoms with E-state index < -0.39 is 6.10 Å². The van der Waals surface area contributed by atoms with Crippen molar-refractivity contribution < 1.29 is 9.52 Å². The summed E-state index contributed by atoms with van der Waals surface area (Å²) in [5, 5.41) is 28.2. The summed E-state index contributed by atoms with van der Waals surface area (Å²) in [7, 11) is 0. The molecular weight excluding hydrogens is 216 g/mol. The van der Waals surface area contributed by atoms with Crippen molar-refractivity contribution in [2.75, 3.05) is 0 Å². The molecule has 0 aliphatic heterocycles. The van der Waals surface area contributed by atoms with Gasteiger partial charge in [-0.25, -0.2) is 0 Å². The van der Waals surface area contributed by atoms with Crippen LogP contribution in [0, 0.1) is 29.6 Å². The van der Waals surface area contributed by atoms with Crippen molar-refractivity contribution in [1.29, 1.82) is 10.5 Å². The zero-order valence-corrected chi connectivity index (χ0v) is 9.48. The van der Waals surface area contributed by atoms with E-state index >= 15 is 0 Å². The third kappa shape index (κ3) is 1.65. The van der Waals surface area contributed by atoms with Gasteiger partial charge in [0.25, 0.3) is 0 Å². The van der Waals surface area contributed by atoms with E-state index in [1.165, 1.54) is 6.07 Å². The average Bonchev–Trinajstić information content (AvgIpc) is 2.61. The van der Waals surface area contributed by atoms with Crippen LogP contribution in [-0.2, 0) is 0 Å². The highest BCUT2D eigenvalue weighted by atomic mass is 16.3. The van der Waals surface area contributed by atoms with E-state index in [1.54, 1.807) is 19.9 Å². The molecule has 0 radical (unpaired) electrons. The molecule has 4 heteroatoms. The molecule has 0 saturated heterocycles. The molecule has 0 aliphatic rings. The van der Waals surface area contributed by atoms with Crippen LogP contribution in [0.1, 0.15) is 35.5 Å². The van der Waals surface area contributed by atoms with Crippen LogP contribution in [0.3, 0.4) is 0 Å². The summed E-state index contributed by atoms with van der Waals surface area (Å²) in [6.07, 6.45) is -0.671. The van der Waals surface area contributed by atoms with Gasteiger partial charge in [0, 0.05) is 17.0 Å². The lowest BCUT2D eigenvalue weighted by atomic mass is 10.0. The molecule has 0 spiro atoms. The Balaban J connectivity index is 2.86. The Kier molecular flexibility index (Phi) is 2.59. The second-order valence-electron chi connectivity index (χ2n) is 3.87. The van der Waals surface area contributed by atoms with E-state index in [4.69, 9.17) is 14.9 Å². The van der Waals surface area contributed by atoms with E-state index in [-0.39, 0.29) is 5.56 Å². The monoisotopic (exact) mass is 226 g/mol. The molecule has 1 aromatic carbocycles. The zero-order chi connectivity index (χ0) is 12.6. The van der Waals surface area contributed by atoms with Crippen LogP contribution < -0.4 is 0 Å². The number of rotatable bonds is 1. The number of aliphatic hydroxyl groups is 1. The number of nitrogens with zero attached hydrogens (tertiary/aromatic N) is 2. The number of fused-ring (bicyclic) bond motifs is 1. The fourth-order valence-corrected chi connectivity index (χ4v) is 1.99. The summed E-state index contributed by atoms with van der Waals surface area (Å²) in [5.41, 5.74) is 1.77. The number of aryl methyl sites for hydroxylation is 1. The minimum absolute atomic E-state index is 0.283. The van der Waals surface area contributed by atoms with Crippen LogP contribution in [0.15, 0.2) is 16.5 Å². The Bertz CT molecular complexity index is 669. The van der Waals surface area contributed by atoms with Gasteiger partial charge in [-0.15, -0.1) is 0 Å². The van der Waals surface area contributed by atoms with E-state index in [2.05, 4.69) is 0 Å². The molecular formula is C13H10N2O2. The molecule has 84 valence electrons. The first-order chi connectivity index (χ1) is 8.08. The van der Waals surface area contributed by atoms with Crippen molar-refractivity contribution >= 4 is 11.0 Å². The summed E-state index contributed by atoms with van der Waals surface area (Å²) >= 11 is 0. The molecule has 0 fully saturated rings. The maximum Gasteiger partial charge on any atom is 0.136 e. The van der Waals surface area contributed by atoms with Crippen LogP contribution in [0.25, 0.3) is 11.0 Å². The third-order valence-electron chi connectivity index (χ3n) is 2.71. The summed E-state index contributed by atoms with van der Waals surface area (Å²) in [5.74, 6) is 0.606.